The largest absolute Gasteiger partial charge is 0.396 e. The summed E-state index contributed by atoms with van der Waals surface area (Å²) in [5, 5.41) is 21.2. The van der Waals surface area contributed by atoms with E-state index in [1.54, 1.807) is 0 Å². The normalized spacial score (nSPS) is 12.5. The van der Waals surface area contributed by atoms with Crippen LogP contribution in [0.2, 0.25) is 0 Å². The Morgan fingerprint density at radius 3 is 2.67 bits per heavy atom. The molecule has 1 rings (SSSR count). The number of benzene rings is 1. The molecule has 0 aliphatic rings. The molecule has 1 aromatic carbocycles. The van der Waals surface area contributed by atoms with E-state index in [2.05, 4.69) is 12.2 Å². The van der Waals surface area contributed by atoms with Crippen LogP contribution in [0.4, 0.5) is 5.69 Å². The van der Waals surface area contributed by atoms with Gasteiger partial charge in [0.15, 0.2) is 0 Å². The number of aliphatic hydroxyl groups is 2. The lowest BCUT2D eigenvalue weighted by Gasteiger charge is -2.16. The van der Waals surface area contributed by atoms with Gasteiger partial charge in [-0.1, -0.05) is 18.2 Å². The van der Waals surface area contributed by atoms with Crippen LogP contribution in [0.3, 0.4) is 0 Å². The van der Waals surface area contributed by atoms with E-state index in [9.17, 15) is 0 Å². The first-order chi connectivity index (χ1) is 7.27. The van der Waals surface area contributed by atoms with E-state index in [0.29, 0.717) is 6.04 Å². The second kappa shape index (κ2) is 6.43. The average Bonchev–Trinajstić information content (AvgIpc) is 2.27. The van der Waals surface area contributed by atoms with Crippen molar-refractivity contribution >= 4 is 5.69 Å². The molecule has 0 aromatic heterocycles. The van der Waals surface area contributed by atoms with E-state index in [1.807, 2.05) is 24.3 Å². The van der Waals surface area contributed by atoms with E-state index in [1.165, 1.54) is 0 Å². The Morgan fingerprint density at radius 1 is 1.27 bits per heavy atom. The van der Waals surface area contributed by atoms with Crippen molar-refractivity contribution in [1.29, 1.82) is 0 Å². The molecule has 3 heteroatoms. The third-order valence-electron chi connectivity index (χ3n) is 2.38. The van der Waals surface area contributed by atoms with E-state index in [0.717, 1.165) is 24.1 Å². The highest BCUT2D eigenvalue weighted by Crippen LogP contribution is 2.16. The zero-order valence-electron chi connectivity index (χ0n) is 9.11. The van der Waals surface area contributed by atoms with Gasteiger partial charge in [0.2, 0.25) is 0 Å². The fourth-order valence-electron chi connectivity index (χ4n) is 1.53. The average molecular weight is 209 g/mol. The molecule has 0 saturated heterocycles. The summed E-state index contributed by atoms with van der Waals surface area (Å²) in [5.74, 6) is 0. The summed E-state index contributed by atoms with van der Waals surface area (Å²) in [4.78, 5) is 0. The molecule has 0 fully saturated rings. The zero-order valence-corrected chi connectivity index (χ0v) is 9.11. The minimum Gasteiger partial charge on any atom is -0.396 e. The Kier molecular flexibility index (Phi) is 5.15. The summed E-state index contributed by atoms with van der Waals surface area (Å²) in [6.45, 7) is 2.35. The van der Waals surface area contributed by atoms with Crippen molar-refractivity contribution in [2.24, 2.45) is 0 Å². The molecule has 0 saturated carbocycles. The third-order valence-corrected chi connectivity index (χ3v) is 2.38. The number of hydrogen-bond donors (Lipinski definition) is 3. The van der Waals surface area contributed by atoms with Gasteiger partial charge in [-0.15, -0.1) is 0 Å². The van der Waals surface area contributed by atoms with Crippen LogP contribution in [0.15, 0.2) is 24.3 Å². The Labute approximate surface area is 90.8 Å². The maximum atomic E-state index is 9.13. The highest BCUT2D eigenvalue weighted by Gasteiger charge is 2.04. The van der Waals surface area contributed by atoms with Crippen molar-refractivity contribution in [3.63, 3.8) is 0 Å². The molecule has 0 spiro atoms. The first-order valence-electron chi connectivity index (χ1n) is 5.34. The van der Waals surface area contributed by atoms with Gasteiger partial charge >= 0.3 is 0 Å². The molecule has 0 heterocycles. The van der Waals surface area contributed by atoms with Gasteiger partial charge in [-0.3, -0.25) is 0 Å². The van der Waals surface area contributed by atoms with Crippen LogP contribution in [-0.4, -0.2) is 22.9 Å². The Hall–Kier alpha value is -1.06. The molecular weight excluding hydrogens is 190 g/mol. The minimum absolute atomic E-state index is 0.0515. The predicted molar refractivity (Wildman–Crippen MR) is 61.8 cm³/mol. The van der Waals surface area contributed by atoms with Crippen molar-refractivity contribution in [3.05, 3.63) is 29.8 Å². The van der Waals surface area contributed by atoms with Gasteiger partial charge in [0, 0.05) is 23.9 Å². The molecular formula is C12H19NO2. The second-order valence-corrected chi connectivity index (χ2v) is 3.73. The molecule has 3 N–H and O–H groups in total. The summed E-state index contributed by atoms with van der Waals surface area (Å²) in [5.41, 5.74) is 1.89. The van der Waals surface area contributed by atoms with Gasteiger partial charge < -0.3 is 15.5 Å². The first-order valence-corrected chi connectivity index (χ1v) is 5.34. The standard InChI is InChI=1S/C12H19NO2/c1-10(5-4-8-14)13-12-7-3-2-6-11(12)9-15/h2-3,6-7,10,13-15H,4-5,8-9H2,1H3. The lowest BCUT2D eigenvalue weighted by molar-refractivity contribution is 0.280. The third kappa shape index (κ3) is 3.90. The molecule has 0 radical (unpaired) electrons. The number of hydrogen-bond acceptors (Lipinski definition) is 3. The van der Waals surface area contributed by atoms with Crippen molar-refractivity contribution in [3.8, 4) is 0 Å². The summed E-state index contributed by atoms with van der Waals surface area (Å²) in [6, 6.07) is 8.03. The number of rotatable bonds is 6. The molecule has 15 heavy (non-hydrogen) atoms. The summed E-state index contributed by atoms with van der Waals surface area (Å²) < 4.78 is 0. The molecule has 1 aromatic rings. The van der Waals surface area contributed by atoms with Crippen molar-refractivity contribution in [2.75, 3.05) is 11.9 Å². The topological polar surface area (TPSA) is 52.5 Å². The molecule has 1 unspecified atom stereocenters. The lowest BCUT2D eigenvalue weighted by atomic mass is 10.1. The Bertz CT molecular complexity index is 289. The minimum atomic E-state index is 0.0515. The van der Waals surface area contributed by atoms with Crippen LogP contribution in [0.1, 0.15) is 25.3 Å². The Balaban J connectivity index is 2.55. The Morgan fingerprint density at radius 2 is 2.00 bits per heavy atom. The maximum absolute atomic E-state index is 9.13. The smallest absolute Gasteiger partial charge is 0.0701 e. The van der Waals surface area contributed by atoms with Crippen LogP contribution in [0.5, 0.6) is 0 Å². The zero-order chi connectivity index (χ0) is 11.1. The molecule has 0 amide bonds. The van der Waals surface area contributed by atoms with Gasteiger partial charge in [0.25, 0.3) is 0 Å². The van der Waals surface area contributed by atoms with Crippen molar-refractivity contribution < 1.29 is 10.2 Å². The van der Waals surface area contributed by atoms with Crippen molar-refractivity contribution in [1.82, 2.24) is 0 Å². The summed E-state index contributed by atoms with van der Waals surface area (Å²) in [6.07, 6.45) is 1.73. The molecule has 0 bridgehead atoms. The highest BCUT2D eigenvalue weighted by atomic mass is 16.3. The number of para-hydroxylation sites is 1. The molecule has 3 nitrogen and oxygen atoms in total. The second-order valence-electron chi connectivity index (χ2n) is 3.73. The fourth-order valence-corrected chi connectivity index (χ4v) is 1.53. The number of nitrogens with one attached hydrogen (secondary N) is 1. The van der Waals surface area contributed by atoms with E-state index in [-0.39, 0.29) is 13.2 Å². The van der Waals surface area contributed by atoms with E-state index in [4.69, 9.17) is 10.2 Å². The van der Waals surface area contributed by atoms with Crippen LogP contribution < -0.4 is 5.32 Å². The van der Waals surface area contributed by atoms with Crippen LogP contribution in [0.25, 0.3) is 0 Å². The SMILES string of the molecule is CC(CCCO)Nc1ccccc1CO. The summed E-state index contributed by atoms with van der Waals surface area (Å²) in [7, 11) is 0. The quantitative estimate of drug-likeness (QED) is 0.669. The molecule has 84 valence electrons. The maximum Gasteiger partial charge on any atom is 0.0701 e. The van der Waals surface area contributed by atoms with Gasteiger partial charge in [-0.05, 0) is 25.8 Å². The first kappa shape index (κ1) is 12.0. The number of aliphatic hydroxyl groups excluding tert-OH is 2. The summed E-state index contributed by atoms with van der Waals surface area (Å²) >= 11 is 0. The van der Waals surface area contributed by atoms with Crippen LogP contribution in [0, 0.1) is 0 Å². The highest BCUT2D eigenvalue weighted by molar-refractivity contribution is 5.51. The van der Waals surface area contributed by atoms with Crippen molar-refractivity contribution in [2.45, 2.75) is 32.4 Å². The van der Waals surface area contributed by atoms with E-state index >= 15 is 0 Å². The van der Waals surface area contributed by atoms with E-state index < -0.39 is 0 Å². The fraction of sp³-hybridized carbons (Fsp3) is 0.500. The van der Waals surface area contributed by atoms with Gasteiger partial charge in [0.1, 0.15) is 0 Å². The van der Waals surface area contributed by atoms with Gasteiger partial charge in [-0.2, -0.15) is 0 Å². The lowest BCUT2D eigenvalue weighted by Crippen LogP contribution is -2.16. The molecule has 1 atom stereocenters. The van der Waals surface area contributed by atoms with Gasteiger partial charge in [0.05, 0.1) is 6.61 Å². The van der Waals surface area contributed by atoms with Crippen LogP contribution in [-0.2, 0) is 6.61 Å². The predicted octanol–water partition coefficient (Wildman–Crippen LogP) is 1.75. The monoisotopic (exact) mass is 209 g/mol. The van der Waals surface area contributed by atoms with Crippen LogP contribution >= 0.6 is 0 Å². The number of anilines is 1. The van der Waals surface area contributed by atoms with Gasteiger partial charge in [-0.25, -0.2) is 0 Å². The molecule has 0 aliphatic carbocycles. The molecule has 0 aliphatic heterocycles.